The molecule has 2 aromatic heterocycles. The predicted molar refractivity (Wildman–Crippen MR) is 81.0 cm³/mol. The predicted octanol–water partition coefficient (Wildman–Crippen LogP) is 3.39. The third-order valence-electron chi connectivity index (χ3n) is 2.91. The minimum Gasteiger partial charge on any atom is -0.290 e. The van der Waals surface area contributed by atoms with Crippen molar-refractivity contribution >= 4 is 17.9 Å². The van der Waals surface area contributed by atoms with Crippen LogP contribution in [0.2, 0.25) is 0 Å². The maximum Gasteiger partial charge on any atom is 0.178 e. The van der Waals surface area contributed by atoms with Crippen molar-refractivity contribution in [1.29, 1.82) is 0 Å². The molecule has 0 atom stereocenters. The van der Waals surface area contributed by atoms with Gasteiger partial charge >= 0.3 is 0 Å². The van der Waals surface area contributed by atoms with E-state index in [2.05, 4.69) is 9.97 Å². The lowest BCUT2D eigenvalue weighted by molar-refractivity contribution is -0.110. The summed E-state index contributed by atoms with van der Waals surface area (Å²) < 4.78 is 0. The fraction of sp³-hybridized carbons (Fsp3) is 0.118. The van der Waals surface area contributed by atoms with Gasteiger partial charge in [0.15, 0.2) is 5.78 Å². The Kier molecular flexibility index (Phi) is 4.56. The quantitative estimate of drug-likeness (QED) is 0.795. The van der Waals surface area contributed by atoms with E-state index in [-0.39, 0.29) is 5.78 Å². The van der Waals surface area contributed by atoms with Crippen LogP contribution in [0, 0.1) is 13.8 Å². The number of allylic oxidation sites excluding steroid dienone is 2. The average Bonchev–Trinajstić information content (AvgIpc) is 2.45. The highest BCUT2D eigenvalue weighted by atomic mass is 16.1. The van der Waals surface area contributed by atoms with E-state index in [1.54, 1.807) is 24.5 Å². The lowest BCUT2D eigenvalue weighted by Crippen LogP contribution is -1.90. The zero-order chi connectivity index (χ0) is 14.4. The van der Waals surface area contributed by atoms with E-state index < -0.39 is 0 Å². The van der Waals surface area contributed by atoms with Crippen LogP contribution in [0.4, 0.5) is 0 Å². The monoisotopic (exact) mass is 264 g/mol. The van der Waals surface area contributed by atoms with Gasteiger partial charge in [-0.2, -0.15) is 0 Å². The van der Waals surface area contributed by atoms with Crippen LogP contribution in [0.3, 0.4) is 0 Å². The van der Waals surface area contributed by atoms with Crippen molar-refractivity contribution in [3.05, 3.63) is 71.3 Å². The van der Waals surface area contributed by atoms with Crippen LogP contribution >= 0.6 is 0 Å². The largest absolute Gasteiger partial charge is 0.290 e. The van der Waals surface area contributed by atoms with Crippen molar-refractivity contribution in [3.63, 3.8) is 0 Å². The van der Waals surface area contributed by atoms with Crippen LogP contribution in [0.1, 0.15) is 22.5 Å². The summed E-state index contributed by atoms with van der Waals surface area (Å²) in [6.07, 6.45) is 9.92. The normalized spacial score (nSPS) is 11.3. The molecule has 0 unspecified atom stereocenters. The molecule has 0 N–H and O–H groups in total. The zero-order valence-corrected chi connectivity index (χ0v) is 11.6. The molecule has 0 spiro atoms. The van der Waals surface area contributed by atoms with Gasteiger partial charge in [0.1, 0.15) is 0 Å². The molecule has 0 saturated heterocycles. The van der Waals surface area contributed by atoms with Gasteiger partial charge in [0.2, 0.25) is 0 Å². The molecular formula is C17H16N2O. The van der Waals surface area contributed by atoms with E-state index >= 15 is 0 Å². The van der Waals surface area contributed by atoms with Gasteiger partial charge in [0.25, 0.3) is 0 Å². The average molecular weight is 264 g/mol. The van der Waals surface area contributed by atoms with E-state index in [0.29, 0.717) is 0 Å². The van der Waals surface area contributed by atoms with Crippen molar-refractivity contribution in [3.8, 4) is 0 Å². The van der Waals surface area contributed by atoms with Gasteiger partial charge in [-0.1, -0.05) is 12.1 Å². The second-order valence-corrected chi connectivity index (χ2v) is 4.48. The molecule has 20 heavy (non-hydrogen) atoms. The summed E-state index contributed by atoms with van der Waals surface area (Å²) in [7, 11) is 0. The number of aromatic nitrogens is 2. The second kappa shape index (κ2) is 6.57. The molecule has 2 rings (SSSR count). The molecule has 100 valence electrons. The molecular weight excluding hydrogens is 248 g/mol. The first-order valence-electron chi connectivity index (χ1n) is 6.40. The lowest BCUT2D eigenvalue weighted by atomic mass is 10.1. The molecule has 3 nitrogen and oxygen atoms in total. The van der Waals surface area contributed by atoms with E-state index in [0.717, 1.165) is 22.5 Å². The van der Waals surface area contributed by atoms with Crippen LogP contribution in [0.25, 0.3) is 12.2 Å². The Balaban J connectivity index is 2.07. The minimum absolute atomic E-state index is 0.0832. The topological polar surface area (TPSA) is 42.9 Å². The molecule has 0 aliphatic heterocycles. The molecule has 0 aliphatic rings. The summed E-state index contributed by atoms with van der Waals surface area (Å²) in [4.78, 5) is 20.2. The van der Waals surface area contributed by atoms with E-state index in [1.165, 1.54) is 12.2 Å². The van der Waals surface area contributed by atoms with Crippen LogP contribution in [-0.2, 0) is 4.79 Å². The summed E-state index contributed by atoms with van der Waals surface area (Å²) in [6, 6.07) is 7.67. The summed E-state index contributed by atoms with van der Waals surface area (Å²) in [5, 5.41) is 0. The molecule has 0 amide bonds. The lowest BCUT2D eigenvalue weighted by Gasteiger charge is -1.97. The number of carbonyl (C=O) groups excluding carboxylic acids is 1. The number of pyridine rings is 2. The first kappa shape index (κ1) is 13.9. The highest BCUT2D eigenvalue weighted by Crippen LogP contribution is 2.07. The number of hydrogen-bond donors (Lipinski definition) is 0. The number of aryl methyl sites for hydroxylation is 2. The Bertz CT molecular complexity index is 615. The third kappa shape index (κ3) is 3.72. The molecule has 2 heterocycles. The smallest absolute Gasteiger partial charge is 0.178 e. The summed E-state index contributed by atoms with van der Waals surface area (Å²) in [5.41, 5.74) is 3.70. The zero-order valence-electron chi connectivity index (χ0n) is 11.6. The SMILES string of the molecule is Cc1cccnc1/C=C/C(=O)/C=C/c1ncccc1C. The molecule has 0 saturated carbocycles. The van der Waals surface area contributed by atoms with Crippen molar-refractivity contribution in [2.75, 3.05) is 0 Å². The molecule has 0 bridgehead atoms. The van der Waals surface area contributed by atoms with Crippen LogP contribution in [0.15, 0.2) is 48.8 Å². The van der Waals surface area contributed by atoms with Crippen molar-refractivity contribution < 1.29 is 4.79 Å². The van der Waals surface area contributed by atoms with Crippen molar-refractivity contribution in [1.82, 2.24) is 9.97 Å². The third-order valence-corrected chi connectivity index (χ3v) is 2.91. The second-order valence-electron chi connectivity index (χ2n) is 4.48. The summed E-state index contributed by atoms with van der Waals surface area (Å²) in [5.74, 6) is -0.0832. The highest BCUT2D eigenvalue weighted by Gasteiger charge is 1.96. The Morgan fingerprint density at radius 1 is 0.900 bits per heavy atom. The Labute approximate surface area is 118 Å². The van der Waals surface area contributed by atoms with E-state index in [1.807, 2.05) is 38.1 Å². The van der Waals surface area contributed by atoms with Gasteiger partial charge in [0.05, 0.1) is 11.4 Å². The van der Waals surface area contributed by atoms with Gasteiger partial charge in [-0.15, -0.1) is 0 Å². The van der Waals surface area contributed by atoms with Crippen molar-refractivity contribution in [2.45, 2.75) is 13.8 Å². The summed E-state index contributed by atoms with van der Waals surface area (Å²) >= 11 is 0. The molecule has 0 radical (unpaired) electrons. The maximum absolute atomic E-state index is 11.8. The molecule has 2 aromatic rings. The number of hydrogen-bond acceptors (Lipinski definition) is 3. The number of carbonyl (C=O) groups is 1. The van der Waals surface area contributed by atoms with Gasteiger partial charge in [-0.3, -0.25) is 14.8 Å². The molecule has 0 aliphatic carbocycles. The minimum atomic E-state index is -0.0832. The first-order chi connectivity index (χ1) is 9.66. The van der Waals surface area contributed by atoms with Gasteiger partial charge < -0.3 is 0 Å². The number of rotatable bonds is 4. The van der Waals surface area contributed by atoms with Crippen LogP contribution in [-0.4, -0.2) is 15.8 Å². The maximum atomic E-state index is 11.8. The fourth-order valence-corrected chi connectivity index (χ4v) is 1.72. The van der Waals surface area contributed by atoms with E-state index in [9.17, 15) is 4.79 Å². The van der Waals surface area contributed by atoms with Crippen LogP contribution < -0.4 is 0 Å². The van der Waals surface area contributed by atoms with Gasteiger partial charge in [0, 0.05) is 12.4 Å². The summed E-state index contributed by atoms with van der Waals surface area (Å²) in [6.45, 7) is 3.93. The molecule has 0 aromatic carbocycles. The Hall–Kier alpha value is -2.55. The highest BCUT2D eigenvalue weighted by molar-refractivity contribution is 6.04. The van der Waals surface area contributed by atoms with Crippen LogP contribution in [0.5, 0.6) is 0 Å². The molecule has 3 heteroatoms. The Morgan fingerprint density at radius 3 is 1.75 bits per heavy atom. The van der Waals surface area contributed by atoms with Crippen molar-refractivity contribution in [2.24, 2.45) is 0 Å². The number of nitrogens with zero attached hydrogens (tertiary/aromatic N) is 2. The number of ketones is 1. The standard InChI is InChI=1S/C17H16N2O/c1-13-5-3-11-18-16(13)9-7-15(20)8-10-17-14(2)6-4-12-19-17/h3-12H,1-2H3/b9-7+,10-8+. The molecule has 0 fully saturated rings. The van der Waals surface area contributed by atoms with Gasteiger partial charge in [-0.25, -0.2) is 0 Å². The fourth-order valence-electron chi connectivity index (χ4n) is 1.72. The van der Waals surface area contributed by atoms with E-state index in [4.69, 9.17) is 0 Å². The van der Waals surface area contributed by atoms with Gasteiger partial charge in [-0.05, 0) is 61.4 Å². The Morgan fingerprint density at radius 2 is 1.35 bits per heavy atom. The first-order valence-corrected chi connectivity index (χ1v) is 6.40.